The van der Waals surface area contributed by atoms with Crippen molar-refractivity contribution < 1.29 is 9.57 Å². The molecule has 0 amide bonds. The monoisotopic (exact) mass is 183 g/mol. The fourth-order valence-electron chi connectivity index (χ4n) is 1.15. The second-order valence-electron chi connectivity index (χ2n) is 2.55. The molecule has 0 aliphatic carbocycles. The van der Waals surface area contributed by atoms with Gasteiger partial charge in [0.05, 0.1) is 24.6 Å². The van der Waals surface area contributed by atoms with Crippen molar-refractivity contribution in [2.45, 2.75) is 6.92 Å². The van der Waals surface area contributed by atoms with Crippen LogP contribution in [0, 0.1) is 6.92 Å². The van der Waals surface area contributed by atoms with E-state index in [9.17, 15) is 0 Å². The van der Waals surface area contributed by atoms with Crippen molar-refractivity contribution in [1.82, 2.24) is 9.78 Å². The average Bonchev–Trinajstić information content (AvgIpc) is 2.37. The number of aryl methyl sites for hydroxylation is 2. The Hall–Kier alpha value is -1.52. The molecule has 1 heterocycles. The minimum atomic E-state index is 0.679. The van der Waals surface area contributed by atoms with Crippen molar-refractivity contribution in [2.75, 3.05) is 14.2 Å². The summed E-state index contributed by atoms with van der Waals surface area (Å²) in [6.45, 7) is 1.89. The van der Waals surface area contributed by atoms with Gasteiger partial charge in [0.1, 0.15) is 7.11 Å². The highest BCUT2D eigenvalue weighted by Crippen LogP contribution is 2.18. The van der Waals surface area contributed by atoms with Crippen molar-refractivity contribution >= 4 is 6.21 Å². The minimum absolute atomic E-state index is 0.679. The fraction of sp³-hybridized carbons (Fsp3) is 0.500. The van der Waals surface area contributed by atoms with E-state index < -0.39 is 0 Å². The van der Waals surface area contributed by atoms with Gasteiger partial charge in [-0.05, 0) is 6.92 Å². The van der Waals surface area contributed by atoms with Crippen molar-refractivity contribution in [2.24, 2.45) is 12.2 Å². The highest BCUT2D eigenvalue weighted by atomic mass is 16.6. The van der Waals surface area contributed by atoms with Crippen LogP contribution in [0.25, 0.3) is 0 Å². The van der Waals surface area contributed by atoms with Crippen molar-refractivity contribution in [3.63, 3.8) is 0 Å². The second-order valence-corrected chi connectivity index (χ2v) is 2.55. The number of oxime groups is 1. The lowest BCUT2D eigenvalue weighted by atomic mass is 10.3. The predicted molar refractivity (Wildman–Crippen MR) is 49.1 cm³/mol. The molecule has 5 nitrogen and oxygen atoms in total. The Morgan fingerprint density at radius 1 is 1.46 bits per heavy atom. The molecule has 1 aromatic rings. The van der Waals surface area contributed by atoms with Gasteiger partial charge in [0, 0.05) is 7.05 Å². The Bertz CT molecular complexity index is 317. The van der Waals surface area contributed by atoms with E-state index in [2.05, 4.69) is 15.1 Å². The molecule has 0 spiro atoms. The van der Waals surface area contributed by atoms with Crippen LogP contribution in [-0.4, -0.2) is 30.2 Å². The Morgan fingerprint density at radius 3 is 2.69 bits per heavy atom. The molecule has 0 N–H and O–H groups in total. The Kier molecular flexibility index (Phi) is 2.89. The van der Waals surface area contributed by atoms with Crippen LogP contribution in [0.4, 0.5) is 0 Å². The molecule has 0 aromatic carbocycles. The summed E-state index contributed by atoms with van der Waals surface area (Å²) in [5, 5.41) is 7.85. The van der Waals surface area contributed by atoms with Gasteiger partial charge in [-0.2, -0.15) is 5.10 Å². The van der Waals surface area contributed by atoms with E-state index in [1.54, 1.807) is 18.0 Å². The van der Waals surface area contributed by atoms with Gasteiger partial charge >= 0.3 is 0 Å². The number of methoxy groups -OCH3 is 1. The number of aromatic nitrogens is 2. The summed E-state index contributed by atoms with van der Waals surface area (Å²) in [7, 11) is 4.91. The van der Waals surface area contributed by atoms with Gasteiger partial charge < -0.3 is 9.57 Å². The van der Waals surface area contributed by atoms with Gasteiger partial charge in [0.25, 0.3) is 0 Å². The maximum absolute atomic E-state index is 5.15. The largest absolute Gasteiger partial charge is 0.481 e. The van der Waals surface area contributed by atoms with Crippen LogP contribution in [0.3, 0.4) is 0 Å². The first-order valence-corrected chi connectivity index (χ1v) is 3.84. The van der Waals surface area contributed by atoms with Gasteiger partial charge in [-0.15, -0.1) is 0 Å². The summed E-state index contributed by atoms with van der Waals surface area (Å²) in [6, 6.07) is 0. The van der Waals surface area contributed by atoms with Gasteiger partial charge in [0.15, 0.2) is 0 Å². The molecule has 5 heteroatoms. The lowest BCUT2D eigenvalue weighted by Gasteiger charge is -1.99. The average molecular weight is 183 g/mol. The van der Waals surface area contributed by atoms with Crippen LogP contribution in [0.15, 0.2) is 5.16 Å². The summed E-state index contributed by atoms with van der Waals surface area (Å²) in [4.78, 5) is 4.59. The van der Waals surface area contributed by atoms with Crippen molar-refractivity contribution in [3.05, 3.63) is 11.3 Å². The molecule has 1 aromatic heterocycles. The van der Waals surface area contributed by atoms with E-state index in [0.717, 1.165) is 11.3 Å². The quantitative estimate of drug-likeness (QED) is 0.512. The van der Waals surface area contributed by atoms with Crippen LogP contribution < -0.4 is 4.74 Å². The number of nitrogens with zero attached hydrogens (tertiary/aromatic N) is 3. The first kappa shape index (κ1) is 9.57. The molecule has 1 rings (SSSR count). The van der Waals surface area contributed by atoms with Gasteiger partial charge in [-0.1, -0.05) is 5.16 Å². The zero-order chi connectivity index (χ0) is 9.84. The van der Waals surface area contributed by atoms with E-state index in [-0.39, 0.29) is 0 Å². The smallest absolute Gasteiger partial charge is 0.220 e. The molecule has 0 saturated carbocycles. The zero-order valence-corrected chi connectivity index (χ0v) is 8.24. The molecule has 0 atom stereocenters. The SMILES string of the molecule is CO/N=C/c1c(C)nn(C)c1OC. The molecule has 0 aliphatic heterocycles. The van der Waals surface area contributed by atoms with Gasteiger partial charge in [0.2, 0.25) is 5.88 Å². The lowest BCUT2D eigenvalue weighted by Crippen LogP contribution is -1.96. The normalized spacial score (nSPS) is 10.8. The molecular formula is C8H13N3O2. The summed E-state index contributed by atoms with van der Waals surface area (Å²) in [5.74, 6) is 0.679. The molecule has 72 valence electrons. The third kappa shape index (κ3) is 1.80. The molecule has 0 fully saturated rings. The third-order valence-corrected chi connectivity index (χ3v) is 1.69. The molecule has 13 heavy (non-hydrogen) atoms. The predicted octanol–water partition coefficient (Wildman–Crippen LogP) is 0.717. The van der Waals surface area contributed by atoms with E-state index in [4.69, 9.17) is 4.74 Å². The molecular weight excluding hydrogens is 170 g/mol. The second kappa shape index (κ2) is 3.93. The Morgan fingerprint density at radius 2 is 2.15 bits per heavy atom. The number of hydrogen-bond acceptors (Lipinski definition) is 4. The summed E-state index contributed by atoms with van der Waals surface area (Å²) < 4.78 is 6.81. The van der Waals surface area contributed by atoms with E-state index in [0.29, 0.717) is 5.88 Å². The first-order chi connectivity index (χ1) is 6.20. The van der Waals surface area contributed by atoms with Crippen LogP contribution >= 0.6 is 0 Å². The van der Waals surface area contributed by atoms with Crippen LogP contribution in [-0.2, 0) is 11.9 Å². The van der Waals surface area contributed by atoms with Crippen LogP contribution in [0.1, 0.15) is 11.3 Å². The topological polar surface area (TPSA) is 48.6 Å². The molecule has 0 unspecified atom stereocenters. The Balaban J connectivity index is 3.09. The van der Waals surface area contributed by atoms with Crippen molar-refractivity contribution in [3.8, 4) is 5.88 Å². The highest BCUT2D eigenvalue weighted by molar-refractivity contribution is 5.83. The number of hydrogen-bond donors (Lipinski definition) is 0. The zero-order valence-electron chi connectivity index (χ0n) is 8.24. The van der Waals surface area contributed by atoms with E-state index in [1.165, 1.54) is 7.11 Å². The number of ether oxygens (including phenoxy) is 1. The van der Waals surface area contributed by atoms with Crippen LogP contribution in [0.5, 0.6) is 5.88 Å². The van der Waals surface area contributed by atoms with Crippen molar-refractivity contribution in [1.29, 1.82) is 0 Å². The highest BCUT2D eigenvalue weighted by Gasteiger charge is 2.11. The lowest BCUT2D eigenvalue weighted by molar-refractivity contribution is 0.215. The molecule has 0 aliphatic rings. The van der Waals surface area contributed by atoms with Crippen LogP contribution in [0.2, 0.25) is 0 Å². The maximum atomic E-state index is 5.15. The summed E-state index contributed by atoms with van der Waals surface area (Å²) in [5.41, 5.74) is 1.70. The molecule has 0 saturated heterocycles. The van der Waals surface area contributed by atoms with Gasteiger partial charge in [-0.3, -0.25) is 0 Å². The standard InChI is InChI=1S/C8H13N3O2/c1-6-7(5-9-13-4)8(12-3)11(2)10-6/h5H,1-4H3/b9-5+. The maximum Gasteiger partial charge on any atom is 0.220 e. The minimum Gasteiger partial charge on any atom is -0.481 e. The Labute approximate surface area is 76.9 Å². The summed E-state index contributed by atoms with van der Waals surface area (Å²) in [6.07, 6.45) is 1.58. The first-order valence-electron chi connectivity index (χ1n) is 3.84. The molecule has 0 radical (unpaired) electrons. The van der Waals surface area contributed by atoms with Gasteiger partial charge in [-0.25, -0.2) is 4.68 Å². The fourth-order valence-corrected chi connectivity index (χ4v) is 1.15. The molecule has 0 bridgehead atoms. The third-order valence-electron chi connectivity index (χ3n) is 1.69. The van der Waals surface area contributed by atoms with E-state index in [1.807, 2.05) is 14.0 Å². The number of rotatable bonds is 3. The summed E-state index contributed by atoms with van der Waals surface area (Å²) >= 11 is 0. The van der Waals surface area contributed by atoms with E-state index >= 15 is 0 Å².